The number of aromatic nitrogens is 3. The first kappa shape index (κ1) is 7.55. The molecular weight excluding hydrogens is 174 g/mol. The van der Waals surface area contributed by atoms with Crippen molar-refractivity contribution in [3.05, 3.63) is 28.7 Å². The average molecular weight is 182 g/mol. The van der Waals surface area contributed by atoms with Crippen LogP contribution in [0.3, 0.4) is 0 Å². The predicted octanol–water partition coefficient (Wildman–Crippen LogP) is 2.00. The maximum atomic E-state index is 5.78. The standard InChI is InChI=1S/C8H8ClN3/c1-5-3-8-10-7(9)4-6(2)12(8)11-5/h3-4H,1-2H3. The molecule has 12 heavy (non-hydrogen) atoms. The van der Waals surface area contributed by atoms with Gasteiger partial charge in [0.15, 0.2) is 5.65 Å². The van der Waals surface area contributed by atoms with Crippen LogP contribution in [-0.2, 0) is 0 Å². The Labute approximate surface area is 75.0 Å². The van der Waals surface area contributed by atoms with Crippen LogP contribution in [-0.4, -0.2) is 14.6 Å². The van der Waals surface area contributed by atoms with Crippen molar-refractivity contribution in [3.63, 3.8) is 0 Å². The third kappa shape index (κ3) is 1.06. The van der Waals surface area contributed by atoms with Crippen LogP contribution in [0, 0.1) is 13.8 Å². The molecular formula is C8H8ClN3. The molecule has 0 unspecified atom stereocenters. The Morgan fingerprint density at radius 3 is 2.83 bits per heavy atom. The molecule has 0 aliphatic rings. The summed E-state index contributed by atoms with van der Waals surface area (Å²) in [4.78, 5) is 4.12. The van der Waals surface area contributed by atoms with Crippen molar-refractivity contribution < 1.29 is 0 Å². The van der Waals surface area contributed by atoms with Crippen LogP contribution in [0.1, 0.15) is 11.4 Å². The first-order valence-electron chi connectivity index (χ1n) is 3.66. The minimum atomic E-state index is 0.514. The van der Waals surface area contributed by atoms with E-state index in [1.807, 2.05) is 19.9 Å². The Balaban J connectivity index is 2.88. The van der Waals surface area contributed by atoms with Crippen molar-refractivity contribution >= 4 is 17.2 Å². The lowest BCUT2D eigenvalue weighted by Gasteiger charge is -1.97. The molecule has 2 aromatic heterocycles. The summed E-state index contributed by atoms with van der Waals surface area (Å²) in [6, 6.07) is 3.69. The number of aryl methyl sites for hydroxylation is 2. The smallest absolute Gasteiger partial charge is 0.157 e. The summed E-state index contributed by atoms with van der Waals surface area (Å²) < 4.78 is 1.78. The third-order valence-corrected chi connectivity index (χ3v) is 1.89. The van der Waals surface area contributed by atoms with E-state index in [1.54, 1.807) is 10.6 Å². The van der Waals surface area contributed by atoms with Gasteiger partial charge in [-0.3, -0.25) is 0 Å². The van der Waals surface area contributed by atoms with Gasteiger partial charge in [0.1, 0.15) is 5.15 Å². The average Bonchev–Trinajstić information content (AvgIpc) is 2.29. The van der Waals surface area contributed by atoms with Crippen LogP contribution in [0.25, 0.3) is 5.65 Å². The third-order valence-electron chi connectivity index (χ3n) is 1.70. The highest BCUT2D eigenvalue weighted by Crippen LogP contribution is 2.11. The Kier molecular flexibility index (Phi) is 1.54. The van der Waals surface area contributed by atoms with Gasteiger partial charge < -0.3 is 0 Å². The van der Waals surface area contributed by atoms with E-state index in [2.05, 4.69) is 10.1 Å². The topological polar surface area (TPSA) is 30.2 Å². The lowest BCUT2D eigenvalue weighted by atomic mass is 10.4. The summed E-state index contributed by atoms with van der Waals surface area (Å²) in [7, 11) is 0. The van der Waals surface area contributed by atoms with E-state index in [4.69, 9.17) is 11.6 Å². The second-order valence-electron chi connectivity index (χ2n) is 2.78. The minimum Gasteiger partial charge on any atom is -0.219 e. The number of rotatable bonds is 0. The van der Waals surface area contributed by atoms with E-state index >= 15 is 0 Å². The van der Waals surface area contributed by atoms with Gasteiger partial charge in [0, 0.05) is 11.8 Å². The molecule has 0 spiro atoms. The maximum absolute atomic E-state index is 5.78. The molecule has 0 aliphatic heterocycles. The van der Waals surface area contributed by atoms with Gasteiger partial charge >= 0.3 is 0 Å². The zero-order valence-electron chi connectivity index (χ0n) is 6.87. The van der Waals surface area contributed by atoms with Gasteiger partial charge in [0.05, 0.1) is 5.69 Å². The monoisotopic (exact) mass is 181 g/mol. The molecule has 0 amide bonds. The normalized spacial score (nSPS) is 10.9. The van der Waals surface area contributed by atoms with Crippen molar-refractivity contribution in [1.29, 1.82) is 0 Å². The van der Waals surface area contributed by atoms with E-state index in [-0.39, 0.29) is 0 Å². The molecule has 3 nitrogen and oxygen atoms in total. The quantitative estimate of drug-likeness (QED) is 0.582. The van der Waals surface area contributed by atoms with Crippen molar-refractivity contribution in [2.75, 3.05) is 0 Å². The fourth-order valence-corrected chi connectivity index (χ4v) is 1.44. The molecule has 0 radical (unpaired) electrons. The first-order valence-corrected chi connectivity index (χ1v) is 4.04. The van der Waals surface area contributed by atoms with Crippen LogP contribution >= 0.6 is 11.6 Å². The number of fused-ring (bicyclic) bond motifs is 1. The van der Waals surface area contributed by atoms with Crippen molar-refractivity contribution in [3.8, 4) is 0 Å². The van der Waals surface area contributed by atoms with Crippen LogP contribution in [0.2, 0.25) is 5.15 Å². The van der Waals surface area contributed by atoms with Gasteiger partial charge in [-0.05, 0) is 19.9 Å². The number of nitrogens with zero attached hydrogens (tertiary/aromatic N) is 3. The molecule has 0 N–H and O–H groups in total. The summed E-state index contributed by atoms with van der Waals surface area (Å²) in [6.07, 6.45) is 0. The second-order valence-corrected chi connectivity index (χ2v) is 3.16. The molecule has 2 heterocycles. The molecule has 4 heteroatoms. The Bertz CT molecular complexity index is 433. The number of halogens is 1. The summed E-state index contributed by atoms with van der Waals surface area (Å²) >= 11 is 5.78. The highest BCUT2D eigenvalue weighted by Gasteiger charge is 2.02. The summed E-state index contributed by atoms with van der Waals surface area (Å²) in [5.74, 6) is 0. The van der Waals surface area contributed by atoms with Crippen molar-refractivity contribution in [2.45, 2.75) is 13.8 Å². The molecule has 2 rings (SSSR count). The highest BCUT2D eigenvalue weighted by atomic mass is 35.5. The van der Waals surface area contributed by atoms with Crippen LogP contribution in [0.15, 0.2) is 12.1 Å². The van der Waals surface area contributed by atoms with E-state index in [0.29, 0.717) is 5.15 Å². The zero-order valence-corrected chi connectivity index (χ0v) is 7.63. The molecule has 0 aromatic carbocycles. The Morgan fingerprint density at radius 1 is 1.33 bits per heavy atom. The zero-order chi connectivity index (χ0) is 8.72. The van der Waals surface area contributed by atoms with E-state index in [1.165, 1.54) is 0 Å². The second kappa shape index (κ2) is 2.45. The van der Waals surface area contributed by atoms with E-state index in [9.17, 15) is 0 Å². The Morgan fingerprint density at radius 2 is 2.08 bits per heavy atom. The van der Waals surface area contributed by atoms with E-state index in [0.717, 1.165) is 17.0 Å². The minimum absolute atomic E-state index is 0.514. The molecule has 0 saturated heterocycles. The van der Waals surface area contributed by atoms with Gasteiger partial charge in [-0.2, -0.15) is 5.10 Å². The van der Waals surface area contributed by atoms with Gasteiger partial charge in [-0.15, -0.1) is 0 Å². The summed E-state index contributed by atoms with van der Waals surface area (Å²) in [6.45, 7) is 3.88. The first-order chi connectivity index (χ1) is 5.66. The summed E-state index contributed by atoms with van der Waals surface area (Å²) in [5, 5.41) is 4.76. The number of hydrogen-bond acceptors (Lipinski definition) is 2. The SMILES string of the molecule is Cc1cc2nc(Cl)cc(C)n2n1. The Hall–Kier alpha value is -1.09. The highest BCUT2D eigenvalue weighted by molar-refractivity contribution is 6.29. The van der Waals surface area contributed by atoms with Crippen LogP contribution in [0.4, 0.5) is 0 Å². The van der Waals surface area contributed by atoms with Crippen molar-refractivity contribution in [2.24, 2.45) is 0 Å². The largest absolute Gasteiger partial charge is 0.219 e. The number of hydrogen-bond donors (Lipinski definition) is 0. The molecule has 2 aromatic rings. The molecule has 0 bridgehead atoms. The lowest BCUT2D eigenvalue weighted by Crippen LogP contribution is -1.95. The lowest BCUT2D eigenvalue weighted by molar-refractivity contribution is 0.877. The molecule has 62 valence electrons. The fourth-order valence-electron chi connectivity index (χ4n) is 1.20. The van der Waals surface area contributed by atoms with Crippen LogP contribution in [0.5, 0.6) is 0 Å². The molecule has 0 saturated carbocycles. The predicted molar refractivity (Wildman–Crippen MR) is 47.5 cm³/mol. The fraction of sp³-hybridized carbons (Fsp3) is 0.250. The van der Waals surface area contributed by atoms with E-state index < -0.39 is 0 Å². The van der Waals surface area contributed by atoms with Gasteiger partial charge in [-0.1, -0.05) is 11.6 Å². The van der Waals surface area contributed by atoms with Gasteiger partial charge in [0.25, 0.3) is 0 Å². The molecule has 0 aliphatic carbocycles. The van der Waals surface area contributed by atoms with Gasteiger partial charge in [0.2, 0.25) is 0 Å². The molecule has 0 atom stereocenters. The molecule has 0 fully saturated rings. The van der Waals surface area contributed by atoms with Gasteiger partial charge in [-0.25, -0.2) is 9.50 Å². The van der Waals surface area contributed by atoms with Crippen molar-refractivity contribution in [1.82, 2.24) is 14.6 Å². The summed E-state index contributed by atoms with van der Waals surface area (Å²) in [5.41, 5.74) is 2.75. The maximum Gasteiger partial charge on any atom is 0.157 e. The van der Waals surface area contributed by atoms with Crippen LogP contribution < -0.4 is 0 Å².